The van der Waals surface area contributed by atoms with Crippen molar-refractivity contribution >= 4 is 5.91 Å². The van der Waals surface area contributed by atoms with Gasteiger partial charge in [0.25, 0.3) is 5.91 Å². The van der Waals surface area contributed by atoms with Crippen molar-refractivity contribution in [2.75, 3.05) is 13.1 Å². The van der Waals surface area contributed by atoms with E-state index >= 15 is 0 Å². The molecule has 6 heteroatoms. The van der Waals surface area contributed by atoms with Gasteiger partial charge in [0, 0.05) is 26.1 Å². The fourth-order valence-electron chi connectivity index (χ4n) is 3.23. The normalized spacial score (nSPS) is 19.1. The molecule has 24 heavy (non-hydrogen) atoms. The van der Waals surface area contributed by atoms with Crippen LogP contribution < -0.4 is 4.74 Å². The summed E-state index contributed by atoms with van der Waals surface area (Å²) in [4.78, 5) is 14.8. The molecule has 0 saturated carbocycles. The van der Waals surface area contributed by atoms with E-state index in [0.717, 1.165) is 31.0 Å². The Morgan fingerprint density at radius 1 is 1.38 bits per heavy atom. The Kier molecular flexibility index (Phi) is 5.13. The SMILES string of the molecule is CCC(Oc1ccccc1)C(=O)N1CCCC(c2nncn2C)C1. The second-order valence-corrected chi connectivity index (χ2v) is 6.25. The Morgan fingerprint density at radius 2 is 2.17 bits per heavy atom. The first-order valence-electron chi connectivity index (χ1n) is 8.53. The van der Waals surface area contributed by atoms with Crippen molar-refractivity contribution in [2.45, 2.75) is 38.2 Å². The number of hydrogen-bond acceptors (Lipinski definition) is 4. The molecule has 1 amide bonds. The molecule has 0 spiro atoms. The highest BCUT2D eigenvalue weighted by atomic mass is 16.5. The molecule has 2 aromatic rings. The lowest BCUT2D eigenvalue weighted by Crippen LogP contribution is -2.46. The molecule has 1 fully saturated rings. The minimum Gasteiger partial charge on any atom is -0.481 e. The van der Waals surface area contributed by atoms with Crippen molar-refractivity contribution in [3.63, 3.8) is 0 Å². The van der Waals surface area contributed by atoms with E-state index in [4.69, 9.17) is 4.74 Å². The number of benzene rings is 1. The summed E-state index contributed by atoms with van der Waals surface area (Å²) >= 11 is 0. The summed E-state index contributed by atoms with van der Waals surface area (Å²) in [5.74, 6) is 1.99. The van der Waals surface area contributed by atoms with Crippen molar-refractivity contribution < 1.29 is 9.53 Å². The molecule has 1 aliphatic rings. The van der Waals surface area contributed by atoms with Crippen LogP contribution in [0.5, 0.6) is 5.75 Å². The molecular formula is C18H24N4O2. The second kappa shape index (κ2) is 7.47. The average Bonchev–Trinajstić information content (AvgIpc) is 3.06. The number of nitrogens with zero attached hydrogens (tertiary/aromatic N) is 4. The maximum absolute atomic E-state index is 12.9. The molecule has 0 radical (unpaired) electrons. The summed E-state index contributed by atoms with van der Waals surface area (Å²) in [6, 6.07) is 9.53. The molecule has 3 rings (SSSR count). The summed E-state index contributed by atoms with van der Waals surface area (Å²) in [5, 5.41) is 8.17. The van der Waals surface area contributed by atoms with Crippen LogP contribution in [0.25, 0.3) is 0 Å². The van der Waals surface area contributed by atoms with E-state index in [2.05, 4.69) is 10.2 Å². The quantitative estimate of drug-likeness (QED) is 0.845. The standard InChI is InChI=1S/C18H24N4O2/c1-3-16(24-15-9-5-4-6-10-15)18(23)22-11-7-8-14(12-22)17-20-19-13-21(17)2/h4-6,9-10,13-14,16H,3,7-8,11-12H2,1-2H3. The molecule has 2 unspecified atom stereocenters. The highest BCUT2D eigenvalue weighted by Gasteiger charge is 2.31. The highest BCUT2D eigenvalue weighted by molar-refractivity contribution is 5.81. The summed E-state index contributed by atoms with van der Waals surface area (Å²) in [7, 11) is 1.95. The smallest absolute Gasteiger partial charge is 0.263 e. The van der Waals surface area contributed by atoms with E-state index in [0.29, 0.717) is 13.0 Å². The molecule has 1 aromatic heterocycles. The Labute approximate surface area is 142 Å². The summed E-state index contributed by atoms with van der Waals surface area (Å²) in [6.45, 7) is 3.44. The van der Waals surface area contributed by atoms with Crippen LogP contribution >= 0.6 is 0 Å². The number of likely N-dealkylation sites (tertiary alicyclic amines) is 1. The van der Waals surface area contributed by atoms with Gasteiger partial charge in [0.05, 0.1) is 0 Å². The first-order chi connectivity index (χ1) is 11.7. The van der Waals surface area contributed by atoms with Crippen LogP contribution in [0.4, 0.5) is 0 Å². The minimum absolute atomic E-state index is 0.0632. The Morgan fingerprint density at radius 3 is 2.83 bits per heavy atom. The van der Waals surface area contributed by atoms with Gasteiger partial charge in [-0.25, -0.2) is 0 Å². The van der Waals surface area contributed by atoms with Crippen LogP contribution in [0.15, 0.2) is 36.7 Å². The number of amides is 1. The van der Waals surface area contributed by atoms with E-state index < -0.39 is 6.10 Å². The molecule has 0 N–H and O–H groups in total. The number of rotatable bonds is 5. The number of para-hydroxylation sites is 1. The lowest BCUT2D eigenvalue weighted by atomic mass is 9.96. The van der Waals surface area contributed by atoms with E-state index in [1.807, 2.05) is 53.8 Å². The number of ether oxygens (including phenoxy) is 1. The van der Waals surface area contributed by atoms with Gasteiger partial charge in [0.2, 0.25) is 0 Å². The highest BCUT2D eigenvalue weighted by Crippen LogP contribution is 2.26. The first-order valence-corrected chi connectivity index (χ1v) is 8.53. The van der Waals surface area contributed by atoms with Crippen molar-refractivity contribution in [3.8, 4) is 5.75 Å². The zero-order valence-corrected chi connectivity index (χ0v) is 14.3. The van der Waals surface area contributed by atoms with Gasteiger partial charge >= 0.3 is 0 Å². The Hall–Kier alpha value is -2.37. The summed E-state index contributed by atoms with van der Waals surface area (Å²) in [6.07, 6.45) is 3.94. The molecule has 1 aromatic carbocycles. The maximum atomic E-state index is 12.9. The number of aryl methyl sites for hydroxylation is 1. The molecule has 1 aliphatic heterocycles. The van der Waals surface area contributed by atoms with Crippen LogP contribution in [0.2, 0.25) is 0 Å². The summed E-state index contributed by atoms with van der Waals surface area (Å²) < 4.78 is 7.84. The Balaban J connectivity index is 1.67. The Bertz CT molecular complexity index is 671. The van der Waals surface area contributed by atoms with Gasteiger partial charge in [0.1, 0.15) is 17.9 Å². The van der Waals surface area contributed by atoms with Crippen LogP contribution in [-0.2, 0) is 11.8 Å². The number of carbonyl (C=O) groups excluding carboxylic acids is 1. The van der Waals surface area contributed by atoms with E-state index in [-0.39, 0.29) is 11.8 Å². The fraction of sp³-hybridized carbons (Fsp3) is 0.500. The van der Waals surface area contributed by atoms with Crippen molar-refractivity contribution in [1.82, 2.24) is 19.7 Å². The zero-order chi connectivity index (χ0) is 16.9. The van der Waals surface area contributed by atoms with E-state index in [1.54, 1.807) is 6.33 Å². The van der Waals surface area contributed by atoms with E-state index in [9.17, 15) is 4.79 Å². The molecule has 0 bridgehead atoms. The third-order valence-electron chi connectivity index (χ3n) is 4.51. The first kappa shape index (κ1) is 16.5. The van der Waals surface area contributed by atoms with Crippen LogP contribution in [0.1, 0.15) is 37.9 Å². The van der Waals surface area contributed by atoms with Crippen molar-refractivity contribution in [2.24, 2.45) is 7.05 Å². The van der Waals surface area contributed by atoms with Crippen LogP contribution in [-0.4, -0.2) is 44.8 Å². The molecule has 6 nitrogen and oxygen atoms in total. The van der Waals surface area contributed by atoms with Crippen molar-refractivity contribution in [3.05, 3.63) is 42.5 Å². The van der Waals surface area contributed by atoms with Gasteiger partial charge in [-0.2, -0.15) is 0 Å². The van der Waals surface area contributed by atoms with Crippen LogP contribution in [0.3, 0.4) is 0 Å². The largest absolute Gasteiger partial charge is 0.481 e. The predicted octanol–water partition coefficient (Wildman–Crippen LogP) is 2.38. The van der Waals surface area contributed by atoms with Gasteiger partial charge in [-0.1, -0.05) is 25.1 Å². The molecule has 128 valence electrons. The van der Waals surface area contributed by atoms with Crippen molar-refractivity contribution in [1.29, 1.82) is 0 Å². The number of carbonyl (C=O) groups is 1. The molecular weight excluding hydrogens is 304 g/mol. The van der Waals surface area contributed by atoms with Gasteiger partial charge in [-0.05, 0) is 31.4 Å². The van der Waals surface area contributed by atoms with Gasteiger partial charge in [-0.3, -0.25) is 4.79 Å². The topological polar surface area (TPSA) is 60.2 Å². The third-order valence-corrected chi connectivity index (χ3v) is 4.51. The number of aromatic nitrogens is 3. The number of hydrogen-bond donors (Lipinski definition) is 0. The molecule has 0 aliphatic carbocycles. The number of piperidine rings is 1. The van der Waals surface area contributed by atoms with E-state index in [1.165, 1.54) is 0 Å². The average molecular weight is 328 g/mol. The van der Waals surface area contributed by atoms with Gasteiger partial charge in [0.15, 0.2) is 6.10 Å². The zero-order valence-electron chi connectivity index (χ0n) is 14.3. The predicted molar refractivity (Wildman–Crippen MR) is 90.7 cm³/mol. The monoisotopic (exact) mass is 328 g/mol. The third kappa shape index (κ3) is 3.58. The van der Waals surface area contributed by atoms with Gasteiger partial charge in [-0.15, -0.1) is 10.2 Å². The molecule has 2 heterocycles. The lowest BCUT2D eigenvalue weighted by molar-refractivity contribution is -0.140. The van der Waals surface area contributed by atoms with Gasteiger partial charge < -0.3 is 14.2 Å². The lowest BCUT2D eigenvalue weighted by Gasteiger charge is -2.34. The minimum atomic E-state index is -0.439. The molecule has 2 atom stereocenters. The maximum Gasteiger partial charge on any atom is 0.263 e. The fourth-order valence-corrected chi connectivity index (χ4v) is 3.23. The second-order valence-electron chi connectivity index (χ2n) is 6.25. The summed E-state index contributed by atoms with van der Waals surface area (Å²) in [5.41, 5.74) is 0. The molecule has 1 saturated heterocycles. The van der Waals surface area contributed by atoms with Crippen LogP contribution in [0, 0.1) is 0 Å².